The van der Waals surface area contributed by atoms with Crippen molar-refractivity contribution in [3.8, 4) is 0 Å². The van der Waals surface area contributed by atoms with Crippen molar-refractivity contribution in [2.24, 2.45) is 5.73 Å². The summed E-state index contributed by atoms with van der Waals surface area (Å²) in [5, 5.41) is 0. The number of thioether (sulfide) groups is 1. The van der Waals surface area contributed by atoms with Crippen molar-refractivity contribution in [2.75, 3.05) is 12.8 Å². The first kappa shape index (κ1) is 13.0. The van der Waals surface area contributed by atoms with Gasteiger partial charge >= 0.3 is 0 Å². The van der Waals surface area contributed by atoms with Crippen LogP contribution >= 0.6 is 11.8 Å². The number of rotatable bonds is 3. The molecule has 2 N–H and O–H groups in total. The van der Waals surface area contributed by atoms with E-state index in [9.17, 15) is 0 Å². The summed E-state index contributed by atoms with van der Waals surface area (Å²) >= 11 is 1.86. The van der Waals surface area contributed by atoms with Crippen molar-refractivity contribution in [3.63, 3.8) is 0 Å². The molecule has 0 saturated heterocycles. The predicted octanol–water partition coefficient (Wildman–Crippen LogP) is 3.80. The summed E-state index contributed by atoms with van der Waals surface area (Å²) < 4.78 is 0. The Hall–Kier alpha value is -0.470. The fourth-order valence-electron chi connectivity index (χ4n) is 3.01. The topological polar surface area (TPSA) is 26.0 Å². The monoisotopic (exact) mass is 249 g/mol. The van der Waals surface area contributed by atoms with Crippen LogP contribution in [0.5, 0.6) is 0 Å². The molecule has 1 aliphatic rings. The van der Waals surface area contributed by atoms with Crippen LogP contribution in [0.15, 0.2) is 17.0 Å². The number of nitrogens with two attached hydrogens (primary N) is 1. The van der Waals surface area contributed by atoms with Gasteiger partial charge in [-0.3, -0.25) is 0 Å². The molecule has 0 unspecified atom stereocenters. The van der Waals surface area contributed by atoms with Crippen LogP contribution in [-0.2, 0) is 5.41 Å². The van der Waals surface area contributed by atoms with E-state index in [1.54, 1.807) is 0 Å². The lowest BCUT2D eigenvalue weighted by Crippen LogP contribution is -2.32. The molecule has 0 atom stereocenters. The van der Waals surface area contributed by atoms with Gasteiger partial charge in [0.15, 0.2) is 0 Å². The first-order chi connectivity index (χ1) is 8.13. The molecule has 1 fully saturated rings. The molecule has 2 heteroatoms. The fraction of sp³-hybridized carbons (Fsp3) is 0.600. The van der Waals surface area contributed by atoms with Crippen molar-refractivity contribution in [3.05, 3.63) is 28.8 Å². The molecule has 0 aliphatic heterocycles. The van der Waals surface area contributed by atoms with Crippen molar-refractivity contribution < 1.29 is 0 Å². The summed E-state index contributed by atoms with van der Waals surface area (Å²) in [6.45, 7) is 5.20. The van der Waals surface area contributed by atoms with Crippen molar-refractivity contribution in [2.45, 2.75) is 49.8 Å². The van der Waals surface area contributed by atoms with E-state index in [4.69, 9.17) is 5.73 Å². The quantitative estimate of drug-likeness (QED) is 0.825. The van der Waals surface area contributed by atoms with Crippen molar-refractivity contribution >= 4 is 11.8 Å². The van der Waals surface area contributed by atoms with Crippen LogP contribution in [-0.4, -0.2) is 12.8 Å². The van der Waals surface area contributed by atoms with E-state index in [0.717, 1.165) is 6.54 Å². The average Bonchev–Trinajstić information content (AvgIpc) is 2.82. The van der Waals surface area contributed by atoms with Gasteiger partial charge in [0.2, 0.25) is 0 Å². The smallest absolute Gasteiger partial charge is 0.0110 e. The molecule has 1 aromatic rings. The molecule has 2 rings (SSSR count). The third kappa shape index (κ3) is 2.25. The van der Waals surface area contributed by atoms with Gasteiger partial charge < -0.3 is 5.73 Å². The minimum Gasteiger partial charge on any atom is -0.330 e. The molecule has 94 valence electrons. The maximum atomic E-state index is 6.10. The Morgan fingerprint density at radius 2 is 1.76 bits per heavy atom. The lowest BCUT2D eigenvalue weighted by molar-refractivity contribution is 0.445. The average molecular weight is 249 g/mol. The Bertz CT molecular complexity index is 406. The van der Waals surface area contributed by atoms with Gasteiger partial charge in [-0.25, -0.2) is 0 Å². The SMILES string of the molecule is CSc1cc(C)c(C)cc1C1(CN)CCCC1. The molecule has 0 heterocycles. The highest BCUT2D eigenvalue weighted by atomic mass is 32.2. The summed E-state index contributed by atoms with van der Waals surface area (Å²) in [7, 11) is 0. The molecule has 1 nitrogen and oxygen atoms in total. The van der Waals surface area contributed by atoms with E-state index in [1.165, 1.54) is 47.3 Å². The van der Waals surface area contributed by atoms with Gasteiger partial charge in [0.25, 0.3) is 0 Å². The van der Waals surface area contributed by atoms with Crippen LogP contribution in [0.4, 0.5) is 0 Å². The lowest BCUT2D eigenvalue weighted by atomic mass is 9.78. The first-order valence-electron chi connectivity index (χ1n) is 6.49. The molecule has 0 bridgehead atoms. The molecular formula is C15H23NS. The Morgan fingerprint density at radius 1 is 1.18 bits per heavy atom. The Balaban J connectivity index is 2.52. The van der Waals surface area contributed by atoms with Gasteiger partial charge in [-0.2, -0.15) is 0 Å². The summed E-state index contributed by atoms with van der Waals surface area (Å²) in [5.41, 5.74) is 10.7. The van der Waals surface area contributed by atoms with Crippen molar-refractivity contribution in [1.82, 2.24) is 0 Å². The largest absolute Gasteiger partial charge is 0.330 e. The Morgan fingerprint density at radius 3 is 2.29 bits per heavy atom. The second-order valence-corrected chi connectivity index (χ2v) is 6.18. The van der Waals surface area contributed by atoms with Crippen LogP contribution in [0.25, 0.3) is 0 Å². The summed E-state index contributed by atoms with van der Waals surface area (Å²) in [6.07, 6.45) is 7.36. The Labute approximate surface area is 109 Å². The molecule has 17 heavy (non-hydrogen) atoms. The minimum atomic E-state index is 0.261. The molecule has 1 aliphatic carbocycles. The highest BCUT2D eigenvalue weighted by molar-refractivity contribution is 7.98. The van der Waals surface area contributed by atoms with E-state index in [-0.39, 0.29) is 5.41 Å². The predicted molar refractivity (Wildman–Crippen MR) is 76.9 cm³/mol. The maximum Gasteiger partial charge on any atom is 0.0110 e. The fourth-order valence-corrected chi connectivity index (χ4v) is 3.80. The second kappa shape index (κ2) is 5.03. The highest BCUT2D eigenvalue weighted by Gasteiger charge is 2.36. The maximum absolute atomic E-state index is 6.10. The van der Waals surface area contributed by atoms with Gasteiger partial charge in [0.05, 0.1) is 0 Å². The second-order valence-electron chi connectivity index (χ2n) is 5.33. The summed E-state index contributed by atoms with van der Waals surface area (Å²) in [5.74, 6) is 0. The normalized spacial score (nSPS) is 18.6. The third-order valence-corrected chi connectivity index (χ3v) is 5.12. The van der Waals surface area contributed by atoms with Crippen LogP contribution in [0, 0.1) is 13.8 Å². The molecular weight excluding hydrogens is 226 g/mol. The van der Waals surface area contributed by atoms with Gasteiger partial charge in [-0.15, -0.1) is 11.8 Å². The van der Waals surface area contributed by atoms with Gasteiger partial charge in [-0.1, -0.05) is 18.9 Å². The lowest BCUT2D eigenvalue weighted by Gasteiger charge is -2.30. The molecule has 0 amide bonds. The van der Waals surface area contributed by atoms with Crippen molar-refractivity contribution in [1.29, 1.82) is 0 Å². The number of benzene rings is 1. The van der Waals surface area contributed by atoms with E-state index < -0.39 is 0 Å². The van der Waals surface area contributed by atoms with Crippen LogP contribution in [0.2, 0.25) is 0 Å². The summed E-state index contributed by atoms with van der Waals surface area (Å²) in [4.78, 5) is 1.43. The van der Waals surface area contributed by atoms with E-state index >= 15 is 0 Å². The number of hydrogen-bond acceptors (Lipinski definition) is 2. The molecule has 0 radical (unpaired) electrons. The summed E-state index contributed by atoms with van der Waals surface area (Å²) in [6, 6.07) is 4.73. The number of aryl methyl sites for hydroxylation is 2. The van der Waals surface area contributed by atoms with Gasteiger partial charge in [0, 0.05) is 16.9 Å². The molecule has 1 saturated carbocycles. The van der Waals surface area contributed by atoms with Crippen LogP contribution in [0.3, 0.4) is 0 Å². The third-order valence-electron chi connectivity index (χ3n) is 4.34. The standard InChI is InChI=1S/C15H23NS/c1-11-8-13(14(17-3)9-12(11)2)15(10-16)6-4-5-7-15/h8-9H,4-7,10,16H2,1-3H3. The van der Waals surface area contributed by atoms with E-state index in [2.05, 4.69) is 32.2 Å². The van der Waals surface area contributed by atoms with Gasteiger partial charge in [0.1, 0.15) is 0 Å². The Kier molecular flexibility index (Phi) is 3.84. The molecule has 0 spiro atoms. The van der Waals surface area contributed by atoms with E-state index in [1.807, 2.05) is 11.8 Å². The van der Waals surface area contributed by atoms with Gasteiger partial charge in [-0.05, 0) is 55.7 Å². The zero-order valence-electron chi connectivity index (χ0n) is 11.2. The minimum absolute atomic E-state index is 0.261. The number of hydrogen-bond donors (Lipinski definition) is 1. The molecule has 0 aromatic heterocycles. The van der Waals surface area contributed by atoms with Crippen LogP contribution < -0.4 is 5.73 Å². The van der Waals surface area contributed by atoms with Crippen LogP contribution in [0.1, 0.15) is 42.4 Å². The first-order valence-corrected chi connectivity index (χ1v) is 7.71. The zero-order valence-corrected chi connectivity index (χ0v) is 12.0. The van der Waals surface area contributed by atoms with E-state index in [0.29, 0.717) is 0 Å². The zero-order chi connectivity index (χ0) is 12.5. The highest BCUT2D eigenvalue weighted by Crippen LogP contribution is 2.44. The molecule has 1 aromatic carbocycles.